The molecule has 2 nitrogen and oxygen atoms in total. The van der Waals surface area contributed by atoms with E-state index >= 15 is 0 Å². The summed E-state index contributed by atoms with van der Waals surface area (Å²) in [6, 6.07) is 4.64. The van der Waals surface area contributed by atoms with E-state index in [2.05, 4.69) is 44.1 Å². The van der Waals surface area contributed by atoms with Gasteiger partial charge >= 0.3 is 0 Å². The molecule has 2 heteroatoms. The van der Waals surface area contributed by atoms with Crippen molar-refractivity contribution in [3.63, 3.8) is 0 Å². The second-order valence-electron chi connectivity index (χ2n) is 4.10. The molecule has 84 valence electrons. The zero-order valence-corrected chi connectivity index (χ0v) is 10.2. The highest BCUT2D eigenvalue weighted by molar-refractivity contribution is 5.23. The maximum absolute atomic E-state index is 4.36. The minimum absolute atomic E-state index is 0.439. The van der Waals surface area contributed by atoms with Gasteiger partial charge in [-0.2, -0.15) is 0 Å². The van der Waals surface area contributed by atoms with Crippen molar-refractivity contribution in [2.45, 2.75) is 40.2 Å². The van der Waals surface area contributed by atoms with Gasteiger partial charge in [0.05, 0.1) is 0 Å². The third-order valence-corrected chi connectivity index (χ3v) is 3.02. The van der Waals surface area contributed by atoms with E-state index in [-0.39, 0.29) is 0 Å². The zero-order chi connectivity index (χ0) is 11.3. The molecule has 0 aliphatic heterocycles. The SMILES string of the molecule is CCNC(c1cccnc1C)C(C)CC. The van der Waals surface area contributed by atoms with Gasteiger partial charge in [-0.25, -0.2) is 0 Å². The Hall–Kier alpha value is -0.890. The molecule has 0 bridgehead atoms. The molecule has 1 heterocycles. The number of hydrogen-bond donors (Lipinski definition) is 1. The molecule has 0 radical (unpaired) electrons. The molecule has 2 unspecified atom stereocenters. The van der Waals surface area contributed by atoms with E-state index in [0.717, 1.165) is 12.2 Å². The van der Waals surface area contributed by atoms with E-state index in [9.17, 15) is 0 Å². The van der Waals surface area contributed by atoms with Crippen molar-refractivity contribution in [2.24, 2.45) is 5.92 Å². The molecule has 1 rings (SSSR count). The Morgan fingerprint density at radius 2 is 2.13 bits per heavy atom. The topological polar surface area (TPSA) is 24.9 Å². The number of pyridine rings is 1. The van der Waals surface area contributed by atoms with Crippen LogP contribution >= 0.6 is 0 Å². The Morgan fingerprint density at radius 3 is 2.67 bits per heavy atom. The molecule has 0 saturated carbocycles. The van der Waals surface area contributed by atoms with E-state index in [0.29, 0.717) is 12.0 Å². The molecule has 0 aliphatic rings. The van der Waals surface area contributed by atoms with Crippen molar-refractivity contribution < 1.29 is 0 Å². The van der Waals surface area contributed by atoms with Gasteiger partial charge in [0.1, 0.15) is 0 Å². The van der Waals surface area contributed by atoms with Crippen LogP contribution < -0.4 is 5.32 Å². The fraction of sp³-hybridized carbons (Fsp3) is 0.615. The summed E-state index contributed by atoms with van der Waals surface area (Å²) in [5.74, 6) is 0.646. The Balaban J connectivity index is 2.93. The van der Waals surface area contributed by atoms with Gasteiger partial charge in [0.2, 0.25) is 0 Å². The van der Waals surface area contributed by atoms with Crippen LogP contribution in [0.1, 0.15) is 44.5 Å². The fourth-order valence-electron chi connectivity index (χ4n) is 1.90. The molecule has 0 aromatic carbocycles. The third-order valence-electron chi connectivity index (χ3n) is 3.02. The van der Waals surface area contributed by atoms with Gasteiger partial charge < -0.3 is 5.32 Å². The van der Waals surface area contributed by atoms with Crippen LogP contribution in [0.2, 0.25) is 0 Å². The number of aryl methyl sites for hydroxylation is 1. The van der Waals surface area contributed by atoms with Gasteiger partial charge in [0.25, 0.3) is 0 Å². The highest BCUT2D eigenvalue weighted by Crippen LogP contribution is 2.25. The van der Waals surface area contributed by atoms with Crippen LogP contribution in [-0.4, -0.2) is 11.5 Å². The Morgan fingerprint density at radius 1 is 1.40 bits per heavy atom. The van der Waals surface area contributed by atoms with Crippen LogP contribution in [0.5, 0.6) is 0 Å². The van der Waals surface area contributed by atoms with Crippen molar-refractivity contribution in [1.29, 1.82) is 0 Å². The summed E-state index contributed by atoms with van der Waals surface area (Å²) >= 11 is 0. The summed E-state index contributed by atoms with van der Waals surface area (Å²) in [6.45, 7) is 9.77. The van der Waals surface area contributed by atoms with Crippen LogP contribution in [0.25, 0.3) is 0 Å². The standard InChI is InChI=1S/C13H22N2/c1-5-10(3)13(14-6-2)12-8-7-9-15-11(12)4/h7-10,13-14H,5-6H2,1-4H3. The molecule has 1 aromatic heterocycles. The molecular formula is C13H22N2. The van der Waals surface area contributed by atoms with Gasteiger partial charge in [0, 0.05) is 17.9 Å². The lowest BCUT2D eigenvalue weighted by Crippen LogP contribution is -2.27. The molecule has 0 saturated heterocycles. The average Bonchev–Trinajstić information content (AvgIpc) is 2.26. The largest absolute Gasteiger partial charge is 0.310 e. The summed E-state index contributed by atoms with van der Waals surface area (Å²) in [6.07, 6.45) is 3.05. The Bertz CT molecular complexity index is 296. The first kappa shape index (κ1) is 12.2. The fourth-order valence-corrected chi connectivity index (χ4v) is 1.90. The van der Waals surface area contributed by atoms with Crippen molar-refractivity contribution in [3.05, 3.63) is 29.6 Å². The van der Waals surface area contributed by atoms with Crippen LogP contribution in [-0.2, 0) is 0 Å². The van der Waals surface area contributed by atoms with Gasteiger partial charge in [-0.05, 0) is 31.0 Å². The second kappa shape index (κ2) is 5.86. The molecule has 0 spiro atoms. The summed E-state index contributed by atoms with van der Waals surface area (Å²) in [5, 5.41) is 3.55. The highest BCUT2D eigenvalue weighted by atomic mass is 14.9. The highest BCUT2D eigenvalue weighted by Gasteiger charge is 2.18. The van der Waals surface area contributed by atoms with Crippen LogP contribution in [0.4, 0.5) is 0 Å². The third kappa shape index (κ3) is 3.03. The van der Waals surface area contributed by atoms with E-state index < -0.39 is 0 Å². The lowest BCUT2D eigenvalue weighted by Gasteiger charge is -2.25. The molecule has 0 aliphatic carbocycles. The molecule has 2 atom stereocenters. The number of hydrogen-bond acceptors (Lipinski definition) is 2. The van der Waals surface area contributed by atoms with Crippen molar-refractivity contribution in [1.82, 2.24) is 10.3 Å². The molecule has 1 N–H and O–H groups in total. The normalized spacial score (nSPS) is 14.9. The first-order valence-electron chi connectivity index (χ1n) is 5.85. The van der Waals surface area contributed by atoms with Crippen LogP contribution in [0.15, 0.2) is 18.3 Å². The van der Waals surface area contributed by atoms with Crippen LogP contribution in [0, 0.1) is 12.8 Å². The first-order chi connectivity index (χ1) is 7.20. The molecule has 0 fully saturated rings. The van der Waals surface area contributed by atoms with Crippen molar-refractivity contribution in [3.8, 4) is 0 Å². The average molecular weight is 206 g/mol. The van der Waals surface area contributed by atoms with Gasteiger partial charge in [-0.1, -0.05) is 33.3 Å². The molecule has 15 heavy (non-hydrogen) atoms. The Labute approximate surface area is 93.1 Å². The van der Waals surface area contributed by atoms with E-state index in [4.69, 9.17) is 0 Å². The lowest BCUT2D eigenvalue weighted by molar-refractivity contribution is 0.381. The molecular weight excluding hydrogens is 184 g/mol. The van der Waals surface area contributed by atoms with E-state index in [1.54, 1.807) is 0 Å². The monoisotopic (exact) mass is 206 g/mol. The Kier molecular flexibility index (Phi) is 4.76. The first-order valence-corrected chi connectivity index (χ1v) is 5.85. The predicted octanol–water partition coefficient (Wildman–Crippen LogP) is 3.09. The van der Waals surface area contributed by atoms with Gasteiger partial charge in [-0.15, -0.1) is 0 Å². The summed E-state index contributed by atoms with van der Waals surface area (Å²) in [7, 11) is 0. The lowest BCUT2D eigenvalue weighted by atomic mass is 9.91. The summed E-state index contributed by atoms with van der Waals surface area (Å²) < 4.78 is 0. The van der Waals surface area contributed by atoms with E-state index in [1.807, 2.05) is 12.3 Å². The minimum atomic E-state index is 0.439. The zero-order valence-electron chi connectivity index (χ0n) is 10.2. The van der Waals surface area contributed by atoms with Crippen molar-refractivity contribution in [2.75, 3.05) is 6.54 Å². The smallest absolute Gasteiger partial charge is 0.0420 e. The number of rotatable bonds is 5. The number of aromatic nitrogens is 1. The molecule has 0 amide bonds. The maximum atomic E-state index is 4.36. The second-order valence-corrected chi connectivity index (χ2v) is 4.10. The summed E-state index contributed by atoms with van der Waals surface area (Å²) in [5.41, 5.74) is 2.48. The van der Waals surface area contributed by atoms with E-state index in [1.165, 1.54) is 12.0 Å². The summed E-state index contributed by atoms with van der Waals surface area (Å²) in [4.78, 5) is 4.36. The minimum Gasteiger partial charge on any atom is -0.310 e. The quantitative estimate of drug-likeness (QED) is 0.800. The number of nitrogens with zero attached hydrogens (tertiary/aromatic N) is 1. The van der Waals surface area contributed by atoms with Gasteiger partial charge in [0.15, 0.2) is 0 Å². The van der Waals surface area contributed by atoms with Gasteiger partial charge in [-0.3, -0.25) is 4.98 Å². The number of nitrogens with one attached hydrogen (secondary N) is 1. The van der Waals surface area contributed by atoms with Crippen molar-refractivity contribution >= 4 is 0 Å². The molecule has 1 aromatic rings. The maximum Gasteiger partial charge on any atom is 0.0420 e. The predicted molar refractivity (Wildman–Crippen MR) is 64.8 cm³/mol. The van der Waals surface area contributed by atoms with Crippen LogP contribution in [0.3, 0.4) is 0 Å².